The van der Waals surface area contributed by atoms with Gasteiger partial charge in [0.1, 0.15) is 11.5 Å². The number of nitrogens with zero attached hydrogens (tertiary/aromatic N) is 2. The molecule has 1 N–H and O–H groups in total. The Kier molecular flexibility index (Phi) is 6.77. The van der Waals surface area contributed by atoms with E-state index in [1.807, 2.05) is 24.3 Å². The van der Waals surface area contributed by atoms with E-state index in [1.54, 1.807) is 26.4 Å². The lowest BCUT2D eigenvalue weighted by Crippen LogP contribution is -2.44. The molecule has 1 aliphatic rings. The van der Waals surface area contributed by atoms with Crippen LogP contribution in [0.1, 0.15) is 11.1 Å². The second-order valence-corrected chi connectivity index (χ2v) is 7.26. The number of benzene rings is 2. The zero-order valence-corrected chi connectivity index (χ0v) is 17.6. The fourth-order valence-corrected chi connectivity index (χ4v) is 3.42. The van der Waals surface area contributed by atoms with Gasteiger partial charge in [-0.2, -0.15) is 0 Å². The Morgan fingerprint density at radius 3 is 2.24 bits per heavy atom. The van der Waals surface area contributed by atoms with Crippen molar-refractivity contribution in [1.29, 1.82) is 0 Å². The average molecular weight is 396 g/mol. The summed E-state index contributed by atoms with van der Waals surface area (Å²) in [6.45, 7) is 6.27. The second kappa shape index (κ2) is 9.47. The Morgan fingerprint density at radius 1 is 1.00 bits per heavy atom. The monoisotopic (exact) mass is 395 g/mol. The minimum absolute atomic E-state index is 0.182. The Labute approximate surface area is 172 Å². The molecule has 1 fully saturated rings. The van der Waals surface area contributed by atoms with Gasteiger partial charge in [0.2, 0.25) is 5.91 Å². The molecule has 0 unspecified atom stereocenters. The minimum atomic E-state index is -0.182. The summed E-state index contributed by atoms with van der Waals surface area (Å²) in [5.74, 6) is 1.18. The summed E-state index contributed by atoms with van der Waals surface area (Å²) in [7, 11) is 5.35. The number of anilines is 2. The van der Waals surface area contributed by atoms with Crippen molar-refractivity contribution in [1.82, 2.24) is 4.90 Å². The van der Waals surface area contributed by atoms with Crippen molar-refractivity contribution in [3.63, 3.8) is 0 Å². The molecule has 1 heterocycles. The van der Waals surface area contributed by atoms with Crippen LogP contribution < -0.4 is 19.7 Å². The predicted molar refractivity (Wildman–Crippen MR) is 118 cm³/mol. The molecule has 1 amide bonds. The number of likely N-dealkylation sites (N-methyl/N-ethyl adjacent to an activating group) is 1. The van der Waals surface area contributed by atoms with E-state index in [9.17, 15) is 4.79 Å². The third-order valence-corrected chi connectivity index (χ3v) is 5.11. The third-order valence-electron chi connectivity index (χ3n) is 5.11. The number of hydrogen-bond donors (Lipinski definition) is 1. The van der Waals surface area contributed by atoms with Crippen molar-refractivity contribution in [3.8, 4) is 11.5 Å². The quantitative estimate of drug-likeness (QED) is 0.760. The highest BCUT2D eigenvalue weighted by atomic mass is 16.5. The van der Waals surface area contributed by atoms with Gasteiger partial charge in [-0.25, -0.2) is 0 Å². The molecule has 0 radical (unpaired) electrons. The molecular formula is C23H29N3O3. The van der Waals surface area contributed by atoms with Crippen LogP contribution in [0.15, 0.2) is 42.5 Å². The Morgan fingerprint density at radius 2 is 1.66 bits per heavy atom. The number of amides is 1. The topological polar surface area (TPSA) is 54.0 Å². The Bertz CT molecular complexity index is 865. The highest BCUT2D eigenvalue weighted by Crippen LogP contribution is 2.25. The average Bonchev–Trinajstić information content (AvgIpc) is 2.73. The molecule has 1 saturated heterocycles. The van der Waals surface area contributed by atoms with Crippen LogP contribution in [0.4, 0.5) is 11.4 Å². The first kappa shape index (κ1) is 20.7. The molecular weight excluding hydrogens is 366 g/mol. The molecule has 29 heavy (non-hydrogen) atoms. The van der Waals surface area contributed by atoms with E-state index in [2.05, 4.69) is 35.2 Å². The van der Waals surface area contributed by atoms with E-state index in [0.717, 1.165) is 43.0 Å². The number of aryl methyl sites for hydroxylation is 1. The van der Waals surface area contributed by atoms with Crippen LogP contribution in [-0.4, -0.2) is 58.3 Å². The Hall–Kier alpha value is -2.99. The summed E-state index contributed by atoms with van der Waals surface area (Å²) in [5, 5.41) is 2.93. The maximum Gasteiger partial charge on any atom is 0.248 e. The van der Waals surface area contributed by atoms with Crippen LogP contribution >= 0.6 is 0 Å². The van der Waals surface area contributed by atoms with Crippen LogP contribution in [0.3, 0.4) is 0 Å². The van der Waals surface area contributed by atoms with Crippen molar-refractivity contribution in [2.75, 3.05) is 57.7 Å². The van der Waals surface area contributed by atoms with Gasteiger partial charge < -0.3 is 24.6 Å². The smallest absolute Gasteiger partial charge is 0.248 e. The maximum atomic E-state index is 12.4. The van der Waals surface area contributed by atoms with Crippen molar-refractivity contribution in [3.05, 3.63) is 53.6 Å². The Balaban J connectivity index is 1.65. The number of piperazine rings is 1. The van der Waals surface area contributed by atoms with Gasteiger partial charge in [0, 0.05) is 49.7 Å². The van der Waals surface area contributed by atoms with E-state index in [0.29, 0.717) is 11.5 Å². The summed E-state index contributed by atoms with van der Waals surface area (Å²) in [4.78, 5) is 17.1. The molecule has 3 rings (SSSR count). The zero-order chi connectivity index (χ0) is 20.8. The minimum Gasteiger partial charge on any atom is -0.497 e. The molecule has 2 aromatic rings. The van der Waals surface area contributed by atoms with Crippen LogP contribution in [0.5, 0.6) is 11.5 Å². The van der Waals surface area contributed by atoms with Gasteiger partial charge in [-0.3, -0.25) is 4.79 Å². The van der Waals surface area contributed by atoms with Crippen molar-refractivity contribution in [2.24, 2.45) is 0 Å². The number of carbonyl (C=O) groups excluding carboxylic acids is 1. The highest BCUT2D eigenvalue weighted by Gasteiger charge is 2.16. The fraction of sp³-hybridized carbons (Fsp3) is 0.348. The standard InChI is InChI=1S/C23H29N3O3/c1-17-13-19(6-7-22(17)26-11-9-25(2)10-12-26)24-23(27)8-5-18-14-20(28-3)16-21(15-18)29-4/h5-8,13-16H,9-12H2,1-4H3,(H,24,27)/b8-5+. The molecule has 1 aliphatic heterocycles. The molecule has 0 spiro atoms. The molecule has 2 aromatic carbocycles. The van der Waals surface area contributed by atoms with Crippen molar-refractivity contribution < 1.29 is 14.3 Å². The molecule has 154 valence electrons. The predicted octanol–water partition coefficient (Wildman–Crippen LogP) is 3.42. The summed E-state index contributed by atoms with van der Waals surface area (Å²) in [6, 6.07) is 11.6. The normalized spacial score (nSPS) is 14.8. The molecule has 6 nitrogen and oxygen atoms in total. The summed E-state index contributed by atoms with van der Waals surface area (Å²) < 4.78 is 10.5. The summed E-state index contributed by atoms with van der Waals surface area (Å²) in [6.07, 6.45) is 3.25. The van der Waals surface area contributed by atoms with E-state index in [1.165, 1.54) is 11.8 Å². The second-order valence-electron chi connectivity index (χ2n) is 7.26. The number of carbonyl (C=O) groups is 1. The number of rotatable bonds is 6. The van der Waals surface area contributed by atoms with Gasteiger partial charge >= 0.3 is 0 Å². The first-order valence-electron chi connectivity index (χ1n) is 9.75. The fourth-order valence-electron chi connectivity index (χ4n) is 3.42. The molecule has 0 saturated carbocycles. The van der Waals surface area contributed by atoms with Gasteiger partial charge in [0.25, 0.3) is 0 Å². The molecule has 6 heteroatoms. The van der Waals surface area contributed by atoms with Gasteiger partial charge in [0.15, 0.2) is 0 Å². The number of methoxy groups -OCH3 is 2. The SMILES string of the molecule is COc1cc(/C=C/C(=O)Nc2ccc(N3CCN(C)CC3)c(C)c2)cc(OC)c1. The molecule has 0 atom stereocenters. The first-order chi connectivity index (χ1) is 14.0. The maximum absolute atomic E-state index is 12.4. The number of hydrogen-bond acceptors (Lipinski definition) is 5. The number of nitrogens with one attached hydrogen (secondary N) is 1. The van der Waals surface area contributed by atoms with Gasteiger partial charge in [-0.15, -0.1) is 0 Å². The zero-order valence-electron chi connectivity index (χ0n) is 17.6. The van der Waals surface area contributed by atoms with Crippen LogP contribution in [-0.2, 0) is 4.79 Å². The lowest BCUT2D eigenvalue weighted by molar-refractivity contribution is -0.111. The molecule has 0 bridgehead atoms. The van der Waals surface area contributed by atoms with E-state index in [-0.39, 0.29) is 5.91 Å². The van der Waals surface area contributed by atoms with Gasteiger partial charge in [-0.05, 0) is 61.5 Å². The van der Waals surface area contributed by atoms with Crippen LogP contribution in [0.25, 0.3) is 6.08 Å². The van der Waals surface area contributed by atoms with Gasteiger partial charge in [-0.1, -0.05) is 0 Å². The van der Waals surface area contributed by atoms with E-state index >= 15 is 0 Å². The lowest BCUT2D eigenvalue weighted by atomic mass is 10.1. The third kappa shape index (κ3) is 5.51. The largest absolute Gasteiger partial charge is 0.497 e. The van der Waals surface area contributed by atoms with Crippen molar-refractivity contribution in [2.45, 2.75) is 6.92 Å². The molecule has 0 aromatic heterocycles. The first-order valence-corrected chi connectivity index (χ1v) is 9.75. The summed E-state index contributed by atoms with van der Waals surface area (Å²) in [5.41, 5.74) is 4.01. The lowest BCUT2D eigenvalue weighted by Gasteiger charge is -2.35. The van der Waals surface area contributed by atoms with Gasteiger partial charge in [0.05, 0.1) is 14.2 Å². The summed E-state index contributed by atoms with van der Waals surface area (Å²) >= 11 is 0. The number of ether oxygens (including phenoxy) is 2. The molecule has 0 aliphatic carbocycles. The van der Waals surface area contributed by atoms with Crippen LogP contribution in [0.2, 0.25) is 0 Å². The van der Waals surface area contributed by atoms with Crippen molar-refractivity contribution >= 4 is 23.4 Å². The van der Waals surface area contributed by atoms with E-state index in [4.69, 9.17) is 9.47 Å². The van der Waals surface area contributed by atoms with E-state index < -0.39 is 0 Å². The highest BCUT2D eigenvalue weighted by molar-refractivity contribution is 6.02. The van der Waals surface area contributed by atoms with Crippen LogP contribution in [0, 0.1) is 6.92 Å².